The van der Waals surface area contributed by atoms with Crippen molar-refractivity contribution in [3.63, 3.8) is 0 Å². The highest BCUT2D eigenvalue weighted by Crippen LogP contribution is 2.24. The third-order valence-electron chi connectivity index (χ3n) is 3.10. The molecule has 0 aliphatic rings. The van der Waals surface area contributed by atoms with Crippen molar-refractivity contribution in [3.8, 4) is 0 Å². The minimum Gasteiger partial charge on any atom is -0.394 e. The maximum atomic E-state index is 9.47. The number of aryl methyl sites for hydroxylation is 1. The Kier molecular flexibility index (Phi) is 7.99. The molecular weight excluding hydrogens is 276 g/mol. The van der Waals surface area contributed by atoms with Gasteiger partial charge in [-0.05, 0) is 39.7 Å². The van der Waals surface area contributed by atoms with E-state index in [1.165, 1.54) is 10.8 Å². The SMILES string of the molecule is CCCNC(C)(CO)CCCCSc1nc(C)cs1. The highest BCUT2D eigenvalue weighted by atomic mass is 32.2. The number of thiazole rings is 1. The van der Waals surface area contributed by atoms with Gasteiger partial charge in [0.15, 0.2) is 0 Å². The monoisotopic (exact) mass is 302 g/mol. The van der Waals surface area contributed by atoms with Gasteiger partial charge < -0.3 is 10.4 Å². The Morgan fingerprint density at radius 2 is 2.26 bits per heavy atom. The summed E-state index contributed by atoms with van der Waals surface area (Å²) in [7, 11) is 0. The highest BCUT2D eigenvalue weighted by molar-refractivity contribution is 8.00. The molecule has 0 saturated heterocycles. The van der Waals surface area contributed by atoms with Crippen molar-refractivity contribution in [2.75, 3.05) is 18.9 Å². The molecule has 0 amide bonds. The molecule has 19 heavy (non-hydrogen) atoms. The largest absolute Gasteiger partial charge is 0.394 e. The van der Waals surface area contributed by atoms with Gasteiger partial charge >= 0.3 is 0 Å². The molecule has 1 unspecified atom stereocenters. The summed E-state index contributed by atoms with van der Waals surface area (Å²) in [6.07, 6.45) is 4.45. The zero-order valence-electron chi connectivity index (χ0n) is 12.2. The van der Waals surface area contributed by atoms with Crippen LogP contribution in [-0.4, -0.2) is 34.5 Å². The van der Waals surface area contributed by atoms with Crippen LogP contribution in [0.4, 0.5) is 0 Å². The molecule has 0 aromatic carbocycles. The third-order valence-corrected chi connectivity index (χ3v) is 5.32. The number of nitrogens with zero attached hydrogens (tertiary/aromatic N) is 1. The summed E-state index contributed by atoms with van der Waals surface area (Å²) >= 11 is 3.57. The van der Waals surface area contributed by atoms with Gasteiger partial charge in [-0.1, -0.05) is 25.1 Å². The van der Waals surface area contributed by atoms with Crippen LogP contribution in [0.2, 0.25) is 0 Å². The van der Waals surface area contributed by atoms with Crippen molar-refractivity contribution in [2.24, 2.45) is 0 Å². The first-order chi connectivity index (χ1) is 9.09. The Labute approximate surface area is 125 Å². The molecule has 0 saturated carbocycles. The number of nitrogens with one attached hydrogen (secondary N) is 1. The van der Waals surface area contributed by atoms with Crippen LogP contribution in [0.1, 0.15) is 45.2 Å². The molecule has 1 aromatic rings. The lowest BCUT2D eigenvalue weighted by molar-refractivity contribution is 0.163. The van der Waals surface area contributed by atoms with E-state index in [0.717, 1.165) is 37.3 Å². The zero-order chi connectivity index (χ0) is 14.1. The van der Waals surface area contributed by atoms with E-state index in [1.54, 1.807) is 11.3 Å². The number of unbranched alkanes of at least 4 members (excludes halogenated alkanes) is 1. The van der Waals surface area contributed by atoms with Gasteiger partial charge in [-0.2, -0.15) is 0 Å². The lowest BCUT2D eigenvalue weighted by atomic mass is 9.96. The van der Waals surface area contributed by atoms with Crippen LogP contribution in [0.25, 0.3) is 0 Å². The predicted octanol–water partition coefficient (Wildman–Crippen LogP) is 3.46. The van der Waals surface area contributed by atoms with E-state index in [0.29, 0.717) is 0 Å². The predicted molar refractivity (Wildman–Crippen MR) is 85.2 cm³/mol. The van der Waals surface area contributed by atoms with Gasteiger partial charge in [0.1, 0.15) is 4.34 Å². The summed E-state index contributed by atoms with van der Waals surface area (Å²) in [5.74, 6) is 1.11. The summed E-state index contributed by atoms with van der Waals surface area (Å²) in [5, 5.41) is 15.0. The summed E-state index contributed by atoms with van der Waals surface area (Å²) in [5.41, 5.74) is 1.00. The van der Waals surface area contributed by atoms with Crippen LogP contribution in [-0.2, 0) is 0 Å². The zero-order valence-corrected chi connectivity index (χ0v) is 13.9. The quantitative estimate of drug-likeness (QED) is 0.513. The molecule has 5 heteroatoms. The molecule has 0 fully saturated rings. The smallest absolute Gasteiger partial charge is 0.150 e. The molecule has 0 radical (unpaired) electrons. The van der Waals surface area contributed by atoms with E-state index < -0.39 is 0 Å². The van der Waals surface area contributed by atoms with Crippen molar-refractivity contribution in [2.45, 2.75) is 56.3 Å². The van der Waals surface area contributed by atoms with E-state index >= 15 is 0 Å². The summed E-state index contributed by atoms with van der Waals surface area (Å²) in [6, 6.07) is 0. The van der Waals surface area contributed by atoms with Crippen molar-refractivity contribution >= 4 is 23.1 Å². The normalized spacial score (nSPS) is 14.5. The van der Waals surface area contributed by atoms with E-state index in [4.69, 9.17) is 0 Å². The number of aromatic nitrogens is 1. The number of thioether (sulfide) groups is 1. The average molecular weight is 303 g/mol. The van der Waals surface area contributed by atoms with E-state index in [9.17, 15) is 5.11 Å². The molecule has 0 spiro atoms. The molecule has 1 aromatic heterocycles. The van der Waals surface area contributed by atoms with Crippen LogP contribution in [0.3, 0.4) is 0 Å². The van der Waals surface area contributed by atoms with Crippen molar-refractivity contribution in [1.82, 2.24) is 10.3 Å². The van der Waals surface area contributed by atoms with Crippen molar-refractivity contribution in [3.05, 3.63) is 11.1 Å². The fourth-order valence-electron chi connectivity index (χ4n) is 1.83. The second-order valence-electron chi connectivity index (χ2n) is 5.21. The van der Waals surface area contributed by atoms with Gasteiger partial charge in [0.05, 0.1) is 6.61 Å². The molecule has 0 aliphatic carbocycles. The van der Waals surface area contributed by atoms with E-state index in [1.807, 2.05) is 18.7 Å². The van der Waals surface area contributed by atoms with E-state index in [-0.39, 0.29) is 12.1 Å². The highest BCUT2D eigenvalue weighted by Gasteiger charge is 2.21. The average Bonchev–Trinajstić information content (AvgIpc) is 2.82. The van der Waals surface area contributed by atoms with Gasteiger partial charge in [-0.3, -0.25) is 0 Å². The third kappa shape index (κ3) is 6.75. The maximum Gasteiger partial charge on any atom is 0.150 e. The van der Waals surface area contributed by atoms with Crippen LogP contribution >= 0.6 is 23.1 Å². The van der Waals surface area contributed by atoms with Crippen molar-refractivity contribution < 1.29 is 5.11 Å². The molecular formula is C14H26N2OS2. The molecule has 2 N–H and O–H groups in total. The first-order valence-corrected chi connectivity index (χ1v) is 8.87. The van der Waals surface area contributed by atoms with E-state index in [2.05, 4.69) is 29.5 Å². The topological polar surface area (TPSA) is 45.1 Å². The first kappa shape index (κ1) is 17.0. The lowest BCUT2D eigenvalue weighted by Crippen LogP contribution is -2.46. The molecule has 0 aliphatic heterocycles. The number of rotatable bonds is 10. The Morgan fingerprint density at radius 1 is 1.47 bits per heavy atom. The van der Waals surface area contributed by atoms with Crippen LogP contribution < -0.4 is 5.32 Å². The standard InChI is InChI=1S/C14H26N2OS2/c1-4-8-15-14(3,11-17)7-5-6-9-18-13-16-12(2)10-19-13/h10,15,17H,4-9,11H2,1-3H3. The van der Waals surface area contributed by atoms with Crippen LogP contribution in [0.5, 0.6) is 0 Å². The summed E-state index contributed by atoms with van der Waals surface area (Å²) in [6.45, 7) is 7.49. The second kappa shape index (κ2) is 8.95. The maximum absolute atomic E-state index is 9.47. The fraction of sp³-hybridized carbons (Fsp3) is 0.786. The van der Waals surface area contributed by atoms with Crippen LogP contribution in [0, 0.1) is 6.92 Å². The van der Waals surface area contributed by atoms with Gasteiger partial charge in [-0.15, -0.1) is 11.3 Å². The van der Waals surface area contributed by atoms with Crippen molar-refractivity contribution in [1.29, 1.82) is 0 Å². The summed E-state index contributed by atoms with van der Waals surface area (Å²) < 4.78 is 1.17. The Bertz CT molecular complexity index is 357. The Morgan fingerprint density at radius 3 is 2.84 bits per heavy atom. The van der Waals surface area contributed by atoms with Gasteiger partial charge in [0.25, 0.3) is 0 Å². The molecule has 3 nitrogen and oxygen atoms in total. The minimum absolute atomic E-state index is 0.113. The first-order valence-electron chi connectivity index (χ1n) is 7.00. The fourth-order valence-corrected chi connectivity index (χ4v) is 3.74. The number of hydrogen-bond donors (Lipinski definition) is 2. The lowest BCUT2D eigenvalue weighted by Gasteiger charge is -2.28. The molecule has 1 heterocycles. The molecule has 110 valence electrons. The minimum atomic E-state index is -0.113. The number of aliphatic hydroxyl groups is 1. The van der Waals surface area contributed by atoms with Crippen LogP contribution in [0.15, 0.2) is 9.72 Å². The van der Waals surface area contributed by atoms with Gasteiger partial charge in [0.2, 0.25) is 0 Å². The second-order valence-corrected chi connectivity index (χ2v) is 7.41. The number of aliphatic hydroxyl groups excluding tert-OH is 1. The summed E-state index contributed by atoms with van der Waals surface area (Å²) in [4.78, 5) is 4.44. The van der Waals surface area contributed by atoms with Gasteiger partial charge in [-0.25, -0.2) is 4.98 Å². The Hall–Kier alpha value is -0.100. The molecule has 1 atom stereocenters. The molecule has 0 bridgehead atoms. The number of hydrogen-bond acceptors (Lipinski definition) is 5. The van der Waals surface area contributed by atoms with Gasteiger partial charge in [0, 0.05) is 22.4 Å². The molecule has 1 rings (SSSR count). The Balaban J connectivity index is 2.15.